The highest BCUT2D eigenvalue weighted by molar-refractivity contribution is 6.31. The van der Waals surface area contributed by atoms with Crippen LogP contribution in [0.15, 0.2) is 36.5 Å². The largest absolute Gasteiger partial charge is 0.354 e. The van der Waals surface area contributed by atoms with Crippen LogP contribution in [0.5, 0.6) is 0 Å². The smallest absolute Gasteiger partial charge is 0.255 e. The number of H-pyrrole nitrogens is 1. The van der Waals surface area contributed by atoms with Gasteiger partial charge in [-0.3, -0.25) is 4.79 Å². The van der Waals surface area contributed by atoms with Crippen molar-refractivity contribution < 1.29 is 4.79 Å². The van der Waals surface area contributed by atoms with Gasteiger partial charge in [-0.25, -0.2) is 9.97 Å². The second-order valence-corrected chi connectivity index (χ2v) is 8.85. The maximum absolute atomic E-state index is 12.9. The molecule has 1 aliphatic heterocycles. The van der Waals surface area contributed by atoms with E-state index in [9.17, 15) is 4.79 Å². The number of hydrogen-bond donors (Lipinski definition) is 2. The van der Waals surface area contributed by atoms with E-state index in [0.717, 1.165) is 68.0 Å². The zero-order valence-electron chi connectivity index (χ0n) is 18.2. The van der Waals surface area contributed by atoms with Gasteiger partial charge in [0, 0.05) is 30.9 Å². The third-order valence-corrected chi connectivity index (χ3v) is 6.24. The zero-order chi connectivity index (χ0) is 21.8. The highest BCUT2D eigenvalue weighted by atomic mass is 35.5. The molecule has 0 saturated carbocycles. The van der Waals surface area contributed by atoms with Gasteiger partial charge >= 0.3 is 0 Å². The Hall–Kier alpha value is -2.60. The molecule has 7 heteroatoms. The van der Waals surface area contributed by atoms with Gasteiger partial charge < -0.3 is 15.2 Å². The van der Waals surface area contributed by atoms with Gasteiger partial charge in [0.25, 0.3) is 5.91 Å². The van der Waals surface area contributed by atoms with Gasteiger partial charge in [-0.05, 0) is 49.1 Å². The Bertz CT molecular complexity index is 1040. The van der Waals surface area contributed by atoms with Gasteiger partial charge in [0.05, 0.1) is 22.5 Å². The van der Waals surface area contributed by atoms with E-state index < -0.39 is 0 Å². The maximum atomic E-state index is 12.9. The molecule has 2 N–H and O–H groups in total. The normalized spacial score (nSPS) is 14.3. The van der Waals surface area contributed by atoms with Gasteiger partial charge in [-0.1, -0.05) is 38.3 Å². The van der Waals surface area contributed by atoms with Crippen LogP contribution < -0.4 is 10.2 Å². The lowest BCUT2D eigenvalue weighted by Crippen LogP contribution is -2.47. The third kappa shape index (κ3) is 4.85. The van der Waals surface area contributed by atoms with Gasteiger partial charge in [0.15, 0.2) is 0 Å². The summed E-state index contributed by atoms with van der Waals surface area (Å²) in [7, 11) is 0. The molecule has 0 spiro atoms. The van der Waals surface area contributed by atoms with Crippen LogP contribution in [0.2, 0.25) is 5.02 Å². The van der Waals surface area contributed by atoms with Crippen molar-refractivity contribution in [2.75, 3.05) is 24.5 Å². The molecule has 1 aromatic carbocycles. The number of aromatic nitrogens is 3. The number of nitrogens with one attached hydrogen (secondary N) is 2. The molecule has 2 aromatic heterocycles. The zero-order valence-corrected chi connectivity index (χ0v) is 19.0. The molecule has 31 heavy (non-hydrogen) atoms. The minimum atomic E-state index is -0.0397. The molecular weight excluding hydrogens is 410 g/mol. The summed E-state index contributed by atoms with van der Waals surface area (Å²) < 4.78 is 0. The second-order valence-electron chi connectivity index (χ2n) is 8.41. The summed E-state index contributed by atoms with van der Waals surface area (Å²) in [6, 6.07) is 9.37. The summed E-state index contributed by atoms with van der Waals surface area (Å²) in [5.41, 5.74) is 2.51. The number of hydrogen-bond acceptors (Lipinski definition) is 4. The number of pyridine rings is 1. The van der Waals surface area contributed by atoms with E-state index in [1.54, 1.807) is 6.20 Å². The van der Waals surface area contributed by atoms with Crippen molar-refractivity contribution in [1.82, 2.24) is 20.3 Å². The number of carbonyl (C=O) groups excluding carboxylic acids is 1. The molecule has 1 aliphatic rings. The molecule has 1 fully saturated rings. The molecule has 1 saturated heterocycles. The number of anilines is 1. The number of aromatic amines is 1. The molecule has 6 nitrogen and oxygen atoms in total. The van der Waals surface area contributed by atoms with Crippen molar-refractivity contribution in [3.63, 3.8) is 0 Å². The summed E-state index contributed by atoms with van der Waals surface area (Å²) in [5.74, 6) is 2.48. The van der Waals surface area contributed by atoms with Crippen LogP contribution in [-0.2, 0) is 0 Å². The van der Waals surface area contributed by atoms with Crippen LogP contribution in [0.4, 0.5) is 5.82 Å². The minimum Gasteiger partial charge on any atom is -0.354 e. The molecule has 3 aromatic rings. The van der Waals surface area contributed by atoms with Crippen molar-refractivity contribution in [3.8, 4) is 0 Å². The number of rotatable bonds is 9. The van der Waals surface area contributed by atoms with E-state index in [2.05, 4.69) is 34.0 Å². The SMILES string of the molecule is CCCC(CCC)CNC(=O)c1cccnc1N1CC(c2nc3ccc(Cl)cc3[nH]2)C1. The fourth-order valence-corrected chi connectivity index (χ4v) is 4.51. The van der Waals surface area contributed by atoms with Crippen LogP contribution in [0.1, 0.15) is 61.6 Å². The maximum Gasteiger partial charge on any atom is 0.255 e. The Morgan fingerprint density at radius 3 is 2.77 bits per heavy atom. The van der Waals surface area contributed by atoms with Gasteiger partial charge in [0.2, 0.25) is 0 Å². The first kappa shape index (κ1) is 21.6. The quantitative estimate of drug-likeness (QED) is 0.482. The molecule has 0 unspecified atom stereocenters. The Kier molecular flexibility index (Phi) is 6.76. The Labute approximate surface area is 188 Å². The first-order chi connectivity index (χ1) is 15.1. The lowest BCUT2D eigenvalue weighted by atomic mass is 9.97. The number of amides is 1. The Morgan fingerprint density at radius 1 is 1.26 bits per heavy atom. The van der Waals surface area contributed by atoms with Gasteiger partial charge in [-0.15, -0.1) is 0 Å². The molecule has 1 amide bonds. The van der Waals surface area contributed by atoms with E-state index in [-0.39, 0.29) is 11.8 Å². The summed E-state index contributed by atoms with van der Waals surface area (Å²) >= 11 is 6.08. The highest BCUT2D eigenvalue weighted by Crippen LogP contribution is 2.32. The van der Waals surface area contributed by atoms with Crippen molar-refractivity contribution in [2.24, 2.45) is 5.92 Å². The molecule has 0 aliphatic carbocycles. The van der Waals surface area contributed by atoms with Crippen LogP contribution >= 0.6 is 11.6 Å². The van der Waals surface area contributed by atoms with Crippen LogP contribution in [0.3, 0.4) is 0 Å². The first-order valence-electron chi connectivity index (χ1n) is 11.2. The van der Waals surface area contributed by atoms with Crippen molar-refractivity contribution in [2.45, 2.75) is 45.4 Å². The second kappa shape index (κ2) is 9.69. The van der Waals surface area contributed by atoms with Crippen LogP contribution in [0, 0.1) is 5.92 Å². The third-order valence-electron chi connectivity index (χ3n) is 6.01. The number of carbonyl (C=O) groups is 1. The number of imidazole rings is 1. The fourth-order valence-electron chi connectivity index (χ4n) is 4.34. The molecule has 0 atom stereocenters. The highest BCUT2D eigenvalue weighted by Gasteiger charge is 2.33. The van der Waals surface area contributed by atoms with Gasteiger partial charge in [0.1, 0.15) is 11.6 Å². The van der Waals surface area contributed by atoms with Crippen molar-refractivity contribution in [3.05, 3.63) is 52.9 Å². The summed E-state index contributed by atoms with van der Waals surface area (Å²) in [6.45, 7) is 6.67. The van der Waals surface area contributed by atoms with E-state index in [4.69, 9.17) is 16.6 Å². The van der Waals surface area contributed by atoms with E-state index in [1.807, 2.05) is 30.3 Å². The molecule has 4 rings (SSSR count). The average Bonchev–Trinajstić information content (AvgIpc) is 3.14. The van der Waals surface area contributed by atoms with Crippen LogP contribution in [0.25, 0.3) is 11.0 Å². The lowest BCUT2D eigenvalue weighted by Gasteiger charge is -2.39. The minimum absolute atomic E-state index is 0.0397. The van der Waals surface area contributed by atoms with E-state index in [1.165, 1.54) is 0 Å². The number of nitrogens with zero attached hydrogens (tertiary/aromatic N) is 3. The summed E-state index contributed by atoms with van der Waals surface area (Å²) in [5, 5.41) is 3.84. The average molecular weight is 440 g/mol. The molecule has 0 bridgehead atoms. The standard InChI is InChI=1S/C24H30ClN5O/c1-3-6-16(7-4-2)13-27-24(31)19-8-5-11-26-23(19)30-14-17(15-30)22-28-20-10-9-18(25)12-21(20)29-22/h5,8-12,16-17H,3-4,6-7,13-15H2,1-2H3,(H,27,31)(H,28,29). The molecule has 3 heterocycles. The lowest BCUT2D eigenvalue weighted by molar-refractivity contribution is 0.0945. The van der Waals surface area contributed by atoms with E-state index >= 15 is 0 Å². The number of halogens is 1. The molecular formula is C24H30ClN5O. The first-order valence-corrected chi connectivity index (χ1v) is 11.6. The Balaban J connectivity index is 1.41. The monoisotopic (exact) mass is 439 g/mol. The Morgan fingerprint density at radius 2 is 2.03 bits per heavy atom. The topological polar surface area (TPSA) is 73.9 Å². The summed E-state index contributed by atoms with van der Waals surface area (Å²) in [4.78, 5) is 27.7. The number of fused-ring (bicyclic) bond motifs is 1. The van der Waals surface area contributed by atoms with Crippen molar-refractivity contribution >= 4 is 34.4 Å². The van der Waals surface area contributed by atoms with E-state index in [0.29, 0.717) is 16.5 Å². The number of benzene rings is 1. The molecule has 0 radical (unpaired) electrons. The van der Waals surface area contributed by atoms with Crippen LogP contribution in [-0.4, -0.2) is 40.5 Å². The van der Waals surface area contributed by atoms with Gasteiger partial charge in [-0.2, -0.15) is 0 Å². The summed E-state index contributed by atoms with van der Waals surface area (Å²) in [6.07, 6.45) is 6.32. The predicted octanol–water partition coefficient (Wildman–Crippen LogP) is 5.16. The predicted molar refractivity (Wildman–Crippen MR) is 126 cm³/mol. The molecule has 164 valence electrons. The van der Waals surface area contributed by atoms with Crippen molar-refractivity contribution in [1.29, 1.82) is 0 Å². The fraction of sp³-hybridized carbons (Fsp3) is 0.458.